The van der Waals surface area contributed by atoms with Gasteiger partial charge in [0.25, 0.3) is 0 Å². The quantitative estimate of drug-likeness (QED) is 0.749. The minimum Gasteiger partial charge on any atom is -0.385 e. The van der Waals surface area contributed by atoms with Gasteiger partial charge < -0.3 is 24.2 Å². The molecule has 2 aliphatic rings. The van der Waals surface area contributed by atoms with Crippen molar-refractivity contribution in [2.24, 2.45) is 5.92 Å². The highest BCUT2D eigenvalue weighted by atomic mass is 16.5. The lowest BCUT2D eigenvalue weighted by Crippen LogP contribution is -2.39. The third kappa shape index (κ3) is 5.15. The average Bonchev–Trinajstić information content (AvgIpc) is 3.29. The Bertz CT molecular complexity index is 545. The summed E-state index contributed by atoms with van der Waals surface area (Å²) in [6.07, 6.45) is 4.47. The van der Waals surface area contributed by atoms with E-state index in [9.17, 15) is 4.79 Å². The molecule has 3 rings (SSSR count). The maximum Gasteiger partial charge on any atom is 0.317 e. The molecular formula is C17H28N4O4. The summed E-state index contributed by atoms with van der Waals surface area (Å²) in [6, 6.07) is 0.00890. The number of ether oxygens (including phenoxy) is 2. The van der Waals surface area contributed by atoms with E-state index in [-0.39, 0.29) is 6.03 Å². The molecule has 2 fully saturated rings. The first-order chi connectivity index (χ1) is 12.3. The SMILES string of the molecule is COCCCNC(=O)N1CCC(Cc2noc(C3CCOCC3)n2)C1. The molecule has 1 aromatic heterocycles. The molecule has 2 amide bonds. The van der Waals surface area contributed by atoms with Gasteiger partial charge in [0.1, 0.15) is 0 Å². The van der Waals surface area contributed by atoms with Crippen LogP contribution in [0.4, 0.5) is 4.79 Å². The topological polar surface area (TPSA) is 89.7 Å². The van der Waals surface area contributed by atoms with Crippen molar-refractivity contribution in [2.45, 2.75) is 38.0 Å². The Labute approximate surface area is 148 Å². The number of methoxy groups -OCH3 is 1. The van der Waals surface area contributed by atoms with Gasteiger partial charge in [0.15, 0.2) is 5.82 Å². The molecule has 0 aromatic carbocycles. The second kappa shape index (κ2) is 9.15. The van der Waals surface area contributed by atoms with Crippen LogP contribution >= 0.6 is 0 Å². The second-order valence-corrected chi connectivity index (χ2v) is 6.82. The van der Waals surface area contributed by atoms with Crippen LogP contribution in [-0.4, -0.2) is 67.6 Å². The minimum absolute atomic E-state index is 0.00890. The Morgan fingerprint density at radius 3 is 3.00 bits per heavy atom. The first kappa shape index (κ1) is 18.1. The van der Waals surface area contributed by atoms with E-state index in [1.807, 2.05) is 4.90 Å². The van der Waals surface area contributed by atoms with Crippen molar-refractivity contribution in [1.29, 1.82) is 0 Å². The van der Waals surface area contributed by atoms with Crippen molar-refractivity contribution in [2.75, 3.05) is 46.6 Å². The highest BCUT2D eigenvalue weighted by molar-refractivity contribution is 5.74. The van der Waals surface area contributed by atoms with E-state index in [4.69, 9.17) is 14.0 Å². The molecule has 0 saturated carbocycles. The van der Waals surface area contributed by atoms with E-state index < -0.39 is 0 Å². The lowest BCUT2D eigenvalue weighted by Gasteiger charge is -2.18. The van der Waals surface area contributed by atoms with Gasteiger partial charge in [-0.05, 0) is 31.6 Å². The number of aromatic nitrogens is 2. The molecule has 8 nitrogen and oxygen atoms in total. The van der Waals surface area contributed by atoms with Crippen LogP contribution in [0.1, 0.15) is 43.3 Å². The van der Waals surface area contributed by atoms with Crippen molar-refractivity contribution in [3.8, 4) is 0 Å². The Balaban J connectivity index is 1.42. The lowest BCUT2D eigenvalue weighted by molar-refractivity contribution is 0.0778. The fourth-order valence-corrected chi connectivity index (χ4v) is 3.43. The van der Waals surface area contributed by atoms with Gasteiger partial charge in [0.05, 0.1) is 0 Å². The van der Waals surface area contributed by atoms with E-state index in [0.717, 1.165) is 70.1 Å². The van der Waals surface area contributed by atoms with Gasteiger partial charge in [-0.1, -0.05) is 5.16 Å². The summed E-state index contributed by atoms with van der Waals surface area (Å²) in [6.45, 7) is 4.37. The molecule has 3 heterocycles. The highest BCUT2D eigenvalue weighted by Gasteiger charge is 2.28. The van der Waals surface area contributed by atoms with Crippen LogP contribution in [0.25, 0.3) is 0 Å². The van der Waals surface area contributed by atoms with Gasteiger partial charge in [-0.2, -0.15) is 4.98 Å². The number of nitrogens with zero attached hydrogens (tertiary/aromatic N) is 3. The van der Waals surface area contributed by atoms with Crippen molar-refractivity contribution in [3.05, 3.63) is 11.7 Å². The number of urea groups is 1. The van der Waals surface area contributed by atoms with E-state index in [0.29, 0.717) is 25.0 Å². The van der Waals surface area contributed by atoms with E-state index in [1.54, 1.807) is 7.11 Å². The van der Waals surface area contributed by atoms with Crippen molar-refractivity contribution in [1.82, 2.24) is 20.4 Å². The second-order valence-electron chi connectivity index (χ2n) is 6.82. The molecule has 1 unspecified atom stereocenters. The molecule has 140 valence electrons. The highest BCUT2D eigenvalue weighted by Crippen LogP contribution is 2.26. The Morgan fingerprint density at radius 1 is 1.36 bits per heavy atom. The molecule has 2 aliphatic heterocycles. The smallest absolute Gasteiger partial charge is 0.317 e. The molecule has 2 saturated heterocycles. The number of rotatable bonds is 7. The molecule has 25 heavy (non-hydrogen) atoms. The molecule has 0 radical (unpaired) electrons. The molecule has 1 atom stereocenters. The van der Waals surface area contributed by atoms with Crippen LogP contribution in [0.5, 0.6) is 0 Å². The zero-order chi connectivity index (χ0) is 17.5. The standard InChI is InChI=1S/C17H28N4O4/c1-23-8-2-6-18-17(22)21-7-3-13(12-21)11-15-19-16(25-20-15)14-4-9-24-10-5-14/h13-14H,2-12H2,1H3,(H,18,22). The average molecular weight is 352 g/mol. The van der Waals surface area contributed by atoms with Crippen LogP contribution in [0.3, 0.4) is 0 Å². The van der Waals surface area contributed by atoms with Gasteiger partial charge in [0.2, 0.25) is 5.89 Å². The molecule has 0 bridgehead atoms. The summed E-state index contributed by atoms with van der Waals surface area (Å²) >= 11 is 0. The van der Waals surface area contributed by atoms with Crippen molar-refractivity contribution < 1.29 is 18.8 Å². The monoisotopic (exact) mass is 352 g/mol. The maximum absolute atomic E-state index is 12.1. The molecule has 8 heteroatoms. The third-order valence-corrected chi connectivity index (χ3v) is 4.90. The van der Waals surface area contributed by atoms with Crippen LogP contribution < -0.4 is 5.32 Å². The third-order valence-electron chi connectivity index (χ3n) is 4.90. The summed E-state index contributed by atoms with van der Waals surface area (Å²) in [4.78, 5) is 18.6. The molecule has 1 aromatic rings. The fourth-order valence-electron chi connectivity index (χ4n) is 3.43. The number of likely N-dealkylation sites (tertiary alicyclic amines) is 1. The number of amides is 2. The van der Waals surface area contributed by atoms with E-state index >= 15 is 0 Å². The molecule has 0 aliphatic carbocycles. The van der Waals surface area contributed by atoms with Gasteiger partial charge in [-0.15, -0.1) is 0 Å². The Kier molecular flexibility index (Phi) is 6.63. The van der Waals surface area contributed by atoms with Crippen molar-refractivity contribution >= 4 is 6.03 Å². The first-order valence-electron chi connectivity index (χ1n) is 9.18. The Hall–Kier alpha value is -1.67. The first-order valence-corrected chi connectivity index (χ1v) is 9.18. The molecular weight excluding hydrogens is 324 g/mol. The van der Waals surface area contributed by atoms with Gasteiger partial charge >= 0.3 is 6.03 Å². The van der Waals surface area contributed by atoms with Gasteiger partial charge in [0, 0.05) is 58.9 Å². The summed E-state index contributed by atoms with van der Waals surface area (Å²) < 4.78 is 15.8. The Morgan fingerprint density at radius 2 is 2.20 bits per heavy atom. The van der Waals surface area contributed by atoms with E-state index in [1.165, 1.54) is 0 Å². The largest absolute Gasteiger partial charge is 0.385 e. The number of hydrogen-bond acceptors (Lipinski definition) is 6. The van der Waals surface area contributed by atoms with Crippen LogP contribution in [0.15, 0.2) is 4.52 Å². The predicted molar refractivity (Wildman–Crippen MR) is 90.4 cm³/mol. The summed E-state index contributed by atoms with van der Waals surface area (Å²) in [7, 11) is 1.66. The number of carbonyl (C=O) groups excluding carboxylic acids is 1. The zero-order valence-corrected chi connectivity index (χ0v) is 14.9. The summed E-state index contributed by atoms with van der Waals surface area (Å²) in [5.41, 5.74) is 0. The number of carbonyl (C=O) groups is 1. The van der Waals surface area contributed by atoms with Gasteiger partial charge in [-0.3, -0.25) is 0 Å². The number of hydrogen-bond donors (Lipinski definition) is 1. The zero-order valence-electron chi connectivity index (χ0n) is 14.9. The summed E-state index contributed by atoms with van der Waals surface area (Å²) in [5.74, 6) is 2.22. The lowest BCUT2D eigenvalue weighted by atomic mass is 10.0. The van der Waals surface area contributed by atoms with Crippen LogP contribution in [0, 0.1) is 5.92 Å². The van der Waals surface area contributed by atoms with Crippen molar-refractivity contribution in [3.63, 3.8) is 0 Å². The normalized spacial score (nSPS) is 21.6. The summed E-state index contributed by atoms with van der Waals surface area (Å²) in [5, 5.41) is 7.07. The van der Waals surface area contributed by atoms with Crippen LogP contribution in [0.2, 0.25) is 0 Å². The molecule has 1 N–H and O–H groups in total. The minimum atomic E-state index is 0.00890. The molecule has 0 spiro atoms. The fraction of sp³-hybridized carbons (Fsp3) is 0.824. The van der Waals surface area contributed by atoms with E-state index in [2.05, 4.69) is 15.5 Å². The van der Waals surface area contributed by atoms with Gasteiger partial charge in [-0.25, -0.2) is 4.79 Å². The number of nitrogens with one attached hydrogen (secondary N) is 1. The maximum atomic E-state index is 12.1. The van der Waals surface area contributed by atoms with Crippen LogP contribution in [-0.2, 0) is 15.9 Å². The predicted octanol–water partition coefficient (Wildman–Crippen LogP) is 1.57.